The summed E-state index contributed by atoms with van der Waals surface area (Å²) in [6.07, 6.45) is 12.4. The molecule has 1 N–H and O–H groups in total. The third-order valence-corrected chi connectivity index (χ3v) is 15.3. The second-order valence-corrected chi connectivity index (χ2v) is 18.8. The van der Waals surface area contributed by atoms with Crippen LogP contribution >= 0.6 is 7.37 Å². The van der Waals surface area contributed by atoms with Gasteiger partial charge < -0.3 is 24.0 Å². The molecule has 2 aliphatic carbocycles. The van der Waals surface area contributed by atoms with Gasteiger partial charge in [0, 0.05) is 48.0 Å². The zero-order valence-electron chi connectivity index (χ0n) is 32.2. The van der Waals surface area contributed by atoms with Crippen molar-refractivity contribution >= 4 is 35.9 Å². The van der Waals surface area contributed by atoms with Crippen LogP contribution in [0, 0.1) is 11.8 Å². The number of ether oxygens (including phenoxy) is 3. The van der Waals surface area contributed by atoms with Crippen LogP contribution in [0.5, 0.6) is 11.5 Å². The van der Waals surface area contributed by atoms with Crippen molar-refractivity contribution in [1.29, 1.82) is 0 Å². The minimum absolute atomic E-state index is 0.0379. The number of fused-ring (bicyclic) bond motifs is 3. The Hall–Kier alpha value is -4.01. The van der Waals surface area contributed by atoms with Crippen molar-refractivity contribution < 1.29 is 38.1 Å². The van der Waals surface area contributed by atoms with E-state index in [1.165, 1.54) is 0 Å². The first-order chi connectivity index (χ1) is 26.6. The maximum atomic E-state index is 14.7. The molecule has 2 unspecified atom stereocenters. The number of allylic oxidation sites excluding steroid dienone is 2. The fourth-order valence-corrected chi connectivity index (χ4v) is 11.6. The number of esters is 1. The summed E-state index contributed by atoms with van der Waals surface area (Å²) < 4.78 is 32.1. The molecule has 294 valence electrons. The molecule has 7 rings (SSSR count). The molecule has 3 aromatic rings. The van der Waals surface area contributed by atoms with Gasteiger partial charge in [-0.25, -0.2) is 4.98 Å². The van der Waals surface area contributed by atoms with Crippen molar-refractivity contribution in [2.24, 2.45) is 11.8 Å². The first-order valence-electron chi connectivity index (χ1n) is 20.3. The zero-order valence-corrected chi connectivity index (χ0v) is 33.1. The number of hydrogen-bond donors (Lipinski definition) is 1. The summed E-state index contributed by atoms with van der Waals surface area (Å²) in [5.41, 5.74) is 2.30. The highest BCUT2D eigenvalue weighted by Crippen LogP contribution is 2.73. The third kappa shape index (κ3) is 8.71. The Morgan fingerprint density at radius 3 is 2.55 bits per heavy atom. The molecule has 1 amide bonds. The van der Waals surface area contributed by atoms with Crippen LogP contribution in [-0.4, -0.2) is 75.7 Å². The number of hydrogen-bond acceptors (Lipinski definition) is 8. The highest BCUT2D eigenvalue weighted by Gasteiger charge is 2.65. The smallest absolute Gasteiger partial charge is 0.306 e. The van der Waals surface area contributed by atoms with Crippen molar-refractivity contribution in [3.63, 3.8) is 0 Å². The average Bonchev–Trinajstić information content (AvgIpc) is 3.45. The molecule has 2 aliphatic heterocycles. The Kier molecular flexibility index (Phi) is 12.1. The van der Waals surface area contributed by atoms with Gasteiger partial charge in [0.05, 0.1) is 42.5 Å². The fourth-order valence-electron chi connectivity index (χ4n) is 9.09. The maximum absolute atomic E-state index is 14.7. The number of benzene rings is 2. The molecule has 0 bridgehead atoms. The van der Waals surface area contributed by atoms with Crippen LogP contribution < -0.4 is 9.47 Å². The third-order valence-electron chi connectivity index (χ3n) is 12.2. The number of rotatable bonds is 10. The lowest BCUT2D eigenvalue weighted by molar-refractivity contribution is -0.154. The van der Waals surface area contributed by atoms with Gasteiger partial charge in [-0.05, 0) is 75.8 Å². The number of amides is 1. The van der Waals surface area contributed by atoms with Crippen LogP contribution in [0.2, 0.25) is 0 Å². The first kappa shape index (κ1) is 39.2. The molecule has 4 aliphatic rings. The lowest BCUT2D eigenvalue weighted by atomic mass is 9.94. The Morgan fingerprint density at radius 2 is 1.78 bits per heavy atom. The second-order valence-electron chi connectivity index (χ2n) is 16.1. The quantitative estimate of drug-likeness (QED) is 0.122. The van der Waals surface area contributed by atoms with E-state index >= 15 is 0 Å². The summed E-state index contributed by atoms with van der Waals surface area (Å²) >= 11 is 0. The molecule has 3 heterocycles. The van der Waals surface area contributed by atoms with Gasteiger partial charge in [-0.2, -0.15) is 0 Å². The van der Waals surface area contributed by atoms with Gasteiger partial charge in [-0.15, -0.1) is 0 Å². The zero-order chi connectivity index (χ0) is 38.6. The number of pyridine rings is 1. The van der Waals surface area contributed by atoms with Crippen molar-refractivity contribution in [3.8, 4) is 22.8 Å². The molecule has 2 aromatic carbocycles. The van der Waals surface area contributed by atoms with Gasteiger partial charge in [0.15, 0.2) is 5.78 Å². The van der Waals surface area contributed by atoms with E-state index in [1.54, 1.807) is 12.0 Å². The van der Waals surface area contributed by atoms with Crippen LogP contribution in [0.4, 0.5) is 0 Å². The normalized spacial score (nSPS) is 28.0. The predicted octanol–water partition coefficient (Wildman–Crippen LogP) is 8.67. The first-order valence-corrected chi connectivity index (χ1v) is 22.2. The number of ketones is 1. The molecule has 3 fully saturated rings. The Bertz CT molecular complexity index is 1940. The van der Waals surface area contributed by atoms with E-state index in [2.05, 4.69) is 6.08 Å². The molecule has 10 nitrogen and oxygen atoms in total. The number of aromatic nitrogens is 1. The number of nitrogens with zero attached hydrogens (tertiary/aromatic N) is 2. The van der Waals surface area contributed by atoms with Crippen molar-refractivity contribution in [2.45, 2.75) is 120 Å². The number of carbonyl (C=O) groups is 3. The maximum Gasteiger partial charge on any atom is 0.306 e. The van der Waals surface area contributed by atoms with Crippen LogP contribution in [0.25, 0.3) is 22.2 Å². The van der Waals surface area contributed by atoms with Crippen LogP contribution in [0.1, 0.15) is 96.8 Å². The van der Waals surface area contributed by atoms with E-state index in [1.807, 2.05) is 67.6 Å². The summed E-state index contributed by atoms with van der Waals surface area (Å²) in [7, 11) is -2.09. The molecule has 0 spiro atoms. The Balaban J connectivity index is 1.22. The Morgan fingerprint density at radius 1 is 1.00 bits per heavy atom. The SMILES string of the molecule is CCCP(=O)(O)[C@]12CC(=O)[C@@H]3C[C@@H](Oc4cc(-c5ccccc5)nc5cc(OC)ccc45)CN3C(=O)C(CC(=O)OC3CCCC3)CCCCC/C=C\[C@H]1C2. The average molecular weight is 771 g/mol. The molecule has 1 aromatic heterocycles. The Labute approximate surface area is 324 Å². The lowest BCUT2D eigenvalue weighted by Gasteiger charge is -2.30. The van der Waals surface area contributed by atoms with Crippen molar-refractivity contribution in [3.05, 3.63) is 66.7 Å². The van der Waals surface area contributed by atoms with Gasteiger partial charge in [-0.1, -0.05) is 62.2 Å². The summed E-state index contributed by atoms with van der Waals surface area (Å²) in [6.45, 7) is 2.03. The van der Waals surface area contributed by atoms with Crippen LogP contribution in [-0.2, 0) is 23.7 Å². The summed E-state index contributed by atoms with van der Waals surface area (Å²) in [6, 6.07) is 16.5. The molecular formula is C44H55N2O8P. The number of Topliss-reactive ketones (excluding diaryl/α,β-unsaturated/α-hetero) is 1. The van der Waals surface area contributed by atoms with Gasteiger partial charge in [0.1, 0.15) is 23.7 Å². The monoisotopic (exact) mass is 770 g/mol. The summed E-state index contributed by atoms with van der Waals surface area (Å²) in [5.74, 6) is -0.418. The van der Waals surface area contributed by atoms with Crippen molar-refractivity contribution in [2.75, 3.05) is 19.8 Å². The molecule has 1 saturated heterocycles. The minimum atomic E-state index is -3.70. The highest BCUT2D eigenvalue weighted by atomic mass is 31.2. The van der Waals surface area contributed by atoms with Gasteiger partial charge in [0.25, 0.3) is 0 Å². The van der Waals surface area contributed by atoms with Crippen LogP contribution in [0.15, 0.2) is 66.7 Å². The standard InChI is InChI=1S/C44H55N2O8P/c1-3-22-55(50,51)44-27-32(44)17-11-6-4-5-8-16-31(23-42(48)54-33-18-12-13-19-33)43(49)46-29-35(25-39(46)40(47)28-44)53-41-26-37(30-14-9-7-10-15-30)45-38-24-34(52-2)20-21-36(38)41/h7,9-11,14-15,17,20-21,24,26,31-33,35,39H,3-6,8,12-13,16,18-19,22-23,25,27-29H2,1-2H3,(H,50,51)/b17-11-/t31?,32-,35+,39-,44+/m0/s1. The molecule has 11 heteroatoms. The minimum Gasteiger partial charge on any atom is -0.497 e. The van der Waals surface area contributed by atoms with Gasteiger partial charge in [-0.3, -0.25) is 18.9 Å². The molecule has 55 heavy (non-hydrogen) atoms. The molecule has 6 atom stereocenters. The fraction of sp³-hybridized carbons (Fsp3) is 0.545. The lowest BCUT2D eigenvalue weighted by Crippen LogP contribution is -2.45. The molecule has 0 radical (unpaired) electrons. The van der Waals surface area contributed by atoms with E-state index in [0.717, 1.165) is 62.3 Å². The highest BCUT2D eigenvalue weighted by molar-refractivity contribution is 7.60. The van der Waals surface area contributed by atoms with Gasteiger partial charge >= 0.3 is 5.97 Å². The number of carbonyl (C=O) groups excluding carboxylic acids is 3. The molecular weight excluding hydrogens is 715 g/mol. The van der Waals surface area contributed by atoms with Gasteiger partial charge in [0.2, 0.25) is 13.3 Å². The second kappa shape index (κ2) is 17.0. The predicted molar refractivity (Wildman–Crippen MR) is 212 cm³/mol. The topological polar surface area (TPSA) is 132 Å². The van der Waals surface area contributed by atoms with E-state index < -0.39 is 30.6 Å². The van der Waals surface area contributed by atoms with Crippen molar-refractivity contribution in [1.82, 2.24) is 9.88 Å². The molecule has 2 saturated carbocycles. The van der Waals surface area contributed by atoms with E-state index in [9.17, 15) is 23.8 Å². The van der Waals surface area contributed by atoms with E-state index in [0.29, 0.717) is 42.0 Å². The summed E-state index contributed by atoms with van der Waals surface area (Å²) in [4.78, 5) is 60.7. The number of methoxy groups -OCH3 is 1. The largest absolute Gasteiger partial charge is 0.497 e. The summed E-state index contributed by atoms with van der Waals surface area (Å²) in [5, 5.41) is -0.262. The van der Waals surface area contributed by atoms with Crippen LogP contribution in [0.3, 0.4) is 0 Å². The van der Waals surface area contributed by atoms with E-state index in [-0.39, 0.29) is 61.7 Å². The van der Waals surface area contributed by atoms with E-state index in [4.69, 9.17) is 19.2 Å².